The summed E-state index contributed by atoms with van der Waals surface area (Å²) in [5, 5.41) is 0. The molecule has 7 heteroatoms. The molecule has 0 unspecified atom stereocenters. The van der Waals surface area contributed by atoms with Crippen LogP contribution in [-0.2, 0) is 6.61 Å². The van der Waals surface area contributed by atoms with Crippen LogP contribution < -0.4 is 15.6 Å². The SMILES string of the molecule is O=C(NNC(=O)c1cccc(OCc2cccnc2)c1)c1ccc(Br)cc1. The molecule has 0 aliphatic heterocycles. The van der Waals surface area contributed by atoms with Gasteiger partial charge in [-0.15, -0.1) is 0 Å². The van der Waals surface area contributed by atoms with E-state index in [1.54, 1.807) is 60.9 Å². The van der Waals surface area contributed by atoms with Crippen molar-refractivity contribution in [3.05, 3.63) is 94.2 Å². The largest absolute Gasteiger partial charge is 0.489 e. The Morgan fingerprint density at radius 2 is 1.67 bits per heavy atom. The van der Waals surface area contributed by atoms with Gasteiger partial charge in [-0.2, -0.15) is 0 Å². The lowest BCUT2D eigenvalue weighted by molar-refractivity contribution is 0.0846. The molecule has 0 bridgehead atoms. The van der Waals surface area contributed by atoms with Crippen molar-refractivity contribution in [1.29, 1.82) is 0 Å². The molecular formula is C20H16BrN3O3. The number of halogens is 1. The fourth-order valence-corrected chi connectivity index (χ4v) is 2.50. The first-order valence-electron chi connectivity index (χ1n) is 8.10. The van der Waals surface area contributed by atoms with Crippen molar-refractivity contribution < 1.29 is 14.3 Å². The lowest BCUT2D eigenvalue weighted by atomic mass is 10.2. The zero-order valence-corrected chi connectivity index (χ0v) is 15.8. The number of aromatic nitrogens is 1. The van der Waals surface area contributed by atoms with E-state index in [4.69, 9.17) is 4.74 Å². The molecule has 0 saturated heterocycles. The van der Waals surface area contributed by atoms with Gasteiger partial charge in [0.2, 0.25) is 0 Å². The van der Waals surface area contributed by atoms with Crippen LogP contribution in [0.3, 0.4) is 0 Å². The third kappa shape index (κ3) is 5.39. The molecule has 0 saturated carbocycles. The van der Waals surface area contributed by atoms with Gasteiger partial charge in [-0.25, -0.2) is 0 Å². The van der Waals surface area contributed by atoms with Crippen LogP contribution in [0.2, 0.25) is 0 Å². The number of carbonyl (C=O) groups excluding carboxylic acids is 2. The van der Waals surface area contributed by atoms with Crippen molar-refractivity contribution in [2.24, 2.45) is 0 Å². The van der Waals surface area contributed by atoms with Crippen LogP contribution in [0, 0.1) is 0 Å². The zero-order chi connectivity index (χ0) is 19.1. The maximum Gasteiger partial charge on any atom is 0.269 e. The summed E-state index contributed by atoms with van der Waals surface area (Å²) in [5.74, 6) is -0.294. The maximum absolute atomic E-state index is 12.3. The van der Waals surface area contributed by atoms with Crippen LogP contribution in [0.4, 0.5) is 0 Å². The van der Waals surface area contributed by atoms with E-state index < -0.39 is 11.8 Å². The van der Waals surface area contributed by atoms with E-state index in [9.17, 15) is 9.59 Å². The minimum Gasteiger partial charge on any atom is -0.489 e. The smallest absolute Gasteiger partial charge is 0.269 e. The molecule has 3 rings (SSSR count). The van der Waals surface area contributed by atoms with Crippen LogP contribution >= 0.6 is 15.9 Å². The average Bonchev–Trinajstić information content (AvgIpc) is 2.72. The Balaban J connectivity index is 1.56. The molecule has 136 valence electrons. The second-order valence-corrected chi connectivity index (χ2v) is 6.51. The Labute approximate surface area is 164 Å². The van der Waals surface area contributed by atoms with Gasteiger partial charge >= 0.3 is 0 Å². The van der Waals surface area contributed by atoms with Gasteiger partial charge in [-0.3, -0.25) is 25.4 Å². The molecule has 3 aromatic rings. The average molecular weight is 426 g/mol. The van der Waals surface area contributed by atoms with Gasteiger partial charge in [0.25, 0.3) is 11.8 Å². The van der Waals surface area contributed by atoms with Crippen LogP contribution in [0.25, 0.3) is 0 Å². The molecule has 6 nitrogen and oxygen atoms in total. The number of amides is 2. The highest BCUT2D eigenvalue weighted by molar-refractivity contribution is 9.10. The summed E-state index contributed by atoms with van der Waals surface area (Å²) in [4.78, 5) is 28.3. The maximum atomic E-state index is 12.3. The molecule has 27 heavy (non-hydrogen) atoms. The van der Waals surface area contributed by atoms with Gasteiger partial charge in [0.1, 0.15) is 12.4 Å². The second kappa shape index (κ2) is 8.95. The van der Waals surface area contributed by atoms with E-state index >= 15 is 0 Å². The molecule has 0 aliphatic carbocycles. The minimum absolute atomic E-state index is 0.346. The summed E-state index contributed by atoms with van der Waals surface area (Å²) in [6.45, 7) is 0.346. The Bertz CT molecular complexity index is 931. The standard InChI is InChI=1S/C20H16BrN3O3/c21-17-8-6-15(7-9-17)19(25)23-24-20(26)16-4-1-5-18(11-16)27-13-14-3-2-10-22-12-14/h1-12H,13H2,(H,23,25)(H,24,26). The number of nitrogens with zero attached hydrogens (tertiary/aromatic N) is 1. The Morgan fingerprint density at radius 1 is 0.926 bits per heavy atom. The number of rotatable bonds is 5. The van der Waals surface area contributed by atoms with E-state index in [0.29, 0.717) is 23.5 Å². The van der Waals surface area contributed by atoms with Crippen molar-refractivity contribution in [2.45, 2.75) is 6.61 Å². The fraction of sp³-hybridized carbons (Fsp3) is 0.0500. The fourth-order valence-electron chi connectivity index (χ4n) is 2.24. The molecule has 0 spiro atoms. The van der Waals surface area contributed by atoms with Crippen LogP contribution in [0.5, 0.6) is 5.75 Å². The van der Waals surface area contributed by atoms with Crippen LogP contribution in [0.15, 0.2) is 77.5 Å². The lowest BCUT2D eigenvalue weighted by Crippen LogP contribution is -2.41. The van der Waals surface area contributed by atoms with Gasteiger partial charge < -0.3 is 4.74 Å². The number of carbonyl (C=O) groups is 2. The highest BCUT2D eigenvalue weighted by Gasteiger charge is 2.10. The van der Waals surface area contributed by atoms with Crippen molar-refractivity contribution in [2.75, 3.05) is 0 Å². The van der Waals surface area contributed by atoms with Gasteiger partial charge in [0.05, 0.1) is 0 Å². The highest BCUT2D eigenvalue weighted by atomic mass is 79.9. The monoisotopic (exact) mass is 425 g/mol. The normalized spacial score (nSPS) is 10.1. The molecule has 1 heterocycles. The summed E-state index contributed by atoms with van der Waals surface area (Å²) in [5.41, 5.74) is 6.52. The summed E-state index contributed by atoms with van der Waals surface area (Å²) in [6.07, 6.45) is 3.41. The summed E-state index contributed by atoms with van der Waals surface area (Å²) in [6, 6.07) is 17.3. The van der Waals surface area contributed by atoms with Crippen LogP contribution in [-0.4, -0.2) is 16.8 Å². The molecule has 0 fully saturated rings. The lowest BCUT2D eigenvalue weighted by Gasteiger charge is -2.10. The van der Waals surface area contributed by atoms with E-state index in [-0.39, 0.29) is 0 Å². The molecule has 1 aromatic heterocycles. The van der Waals surface area contributed by atoms with Crippen molar-refractivity contribution in [3.63, 3.8) is 0 Å². The highest BCUT2D eigenvalue weighted by Crippen LogP contribution is 2.15. The minimum atomic E-state index is -0.438. The predicted molar refractivity (Wildman–Crippen MR) is 104 cm³/mol. The predicted octanol–water partition coefficient (Wildman–Crippen LogP) is 3.50. The van der Waals surface area contributed by atoms with Crippen LogP contribution in [0.1, 0.15) is 26.3 Å². The molecule has 0 aliphatic rings. The molecule has 2 amide bonds. The quantitative estimate of drug-likeness (QED) is 0.613. The number of hydrogen-bond donors (Lipinski definition) is 2. The number of benzene rings is 2. The summed E-state index contributed by atoms with van der Waals surface area (Å²) in [7, 11) is 0. The Hall–Kier alpha value is -3.19. The van der Waals surface area contributed by atoms with Gasteiger partial charge in [-0.1, -0.05) is 28.1 Å². The summed E-state index contributed by atoms with van der Waals surface area (Å²) < 4.78 is 6.54. The number of ether oxygens (including phenoxy) is 1. The van der Waals surface area contributed by atoms with E-state index in [0.717, 1.165) is 10.0 Å². The molecule has 0 radical (unpaired) electrons. The molecule has 0 atom stereocenters. The Kier molecular flexibility index (Phi) is 6.17. The van der Waals surface area contributed by atoms with Gasteiger partial charge in [-0.05, 0) is 48.5 Å². The second-order valence-electron chi connectivity index (χ2n) is 5.59. The van der Waals surface area contributed by atoms with Gasteiger partial charge in [0, 0.05) is 33.6 Å². The first kappa shape index (κ1) is 18.6. The molecular weight excluding hydrogens is 410 g/mol. The van der Waals surface area contributed by atoms with E-state index in [1.807, 2.05) is 12.1 Å². The third-order valence-corrected chi connectivity index (χ3v) is 4.15. The first-order chi connectivity index (χ1) is 13.1. The van der Waals surface area contributed by atoms with Crippen molar-refractivity contribution >= 4 is 27.7 Å². The molecule has 2 N–H and O–H groups in total. The number of hydrogen-bond acceptors (Lipinski definition) is 4. The van der Waals surface area contributed by atoms with Crippen molar-refractivity contribution in [1.82, 2.24) is 15.8 Å². The van der Waals surface area contributed by atoms with Gasteiger partial charge in [0.15, 0.2) is 0 Å². The van der Waals surface area contributed by atoms with Crippen molar-refractivity contribution in [3.8, 4) is 5.75 Å². The Morgan fingerprint density at radius 3 is 2.37 bits per heavy atom. The number of hydrazine groups is 1. The topological polar surface area (TPSA) is 80.3 Å². The van der Waals surface area contributed by atoms with E-state index in [1.165, 1.54) is 0 Å². The first-order valence-corrected chi connectivity index (χ1v) is 8.89. The molecule has 2 aromatic carbocycles. The zero-order valence-electron chi connectivity index (χ0n) is 14.2. The number of nitrogens with one attached hydrogen (secondary N) is 2. The van der Waals surface area contributed by atoms with E-state index in [2.05, 4.69) is 31.8 Å². The summed E-state index contributed by atoms with van der Waals surface area (Å²) >= 11 is 3.30. The number of pyridine rings is 1. The third-order valence-electron chi connectivity index (χ3n) is 3.62.